The molecule has 15 nitrogen and oxygen atoms in total. The number of nitrogens with two attached hydrogens (primary N) is 2. The summed E-state index contributed by atoms with van der Waals surface area (Å²) in [6.07, 6.45) is -1.59. The van der Waals surface area contributed by atoms with Gasteiger partial charge < -0.3 is 42.9 Å². The Hall–Kier alpha value is -3.75. The Bertz CT molecular complexity index is 877. The molecule has 0 aromatic carbocycles. The van der Waals surface area contributed by atoms with Gasteiger partial charge in [-0.05, 0) is 25.2 Å². The molecule has 15 heteroatoms. The summed E-state index contributed by atoms with van der Waals surface area (Å²) in [7, 11) is 0. The number of carbonyl (C=O) groups is 7. The van der Waals surface area contributed by atoms with E-state index in [2.05, 4.69) is 21.3 Å². The summed E-state index contributed by atoms with van der Waals surface area (Å²) < 4.78 is 0. The number of aliphatic carboxylic acids is 2. The maximum absolute atomic E-state index is 12.8. The minimum Gasteiger partial charge on any atom is -0.481 e. The fourth-order valence-corrected chi connectivity index (χ4v) is 3.01. The molecule has 0 spiro atoms. The van der Waals surface area contributed by atoms with Gasteiger partial charge in [-0.1, -0.05) is 27.7 Å². The zero-order valence-corrected chi connectivity index (χ0v) is 21.6. The average molecular weight is 531 g/mol. The maximum Gasteiger partial charge on any atom is 0.326 e. The molecule has 0 aliphatic heterocycles. The SMILES string of the molecule is CC(C)C[C@H](NC(=O)[C@H](CC(=O)O)NC(=O)[C@H](CC(N)=O)NC(=O)[C@H](C)NC(=O)[C@@H](N)C(C)C)C(=O)O. The predicted molar refractivity (Wildman–Crippen MR) is 129 cm³/mol. The average Bonchev–Trinajstić information content (AvgIpc) is 2.75. The third-order valence-corrected chi connectivity index (χ3v) is 5.14. The second kappa shape index (κ2) is 15.4. The summed E-state index contributed by atoms with van der Waals surface area (Å²) in [4.78, 5) is 84.3. The first-order chi connectivity index (χ1) is 17.0. The highest BCUT2D eigenvalue weighted by atomic mass is 16.4. The van der Waals surface area contributed by atoms with Crippen LogP contribution in [0.4, 0.5) is 0 Å². The van der Waals surface area contributed by atoms with Crippen molar-refractivity contribution in [1.29, 1.82) is 0 Å². The molecular weight excluding hydrogens is 492 g/mol. The van der Waals surface area contributed by atoms with Gasteiger partial charge >= 0.3 is 11.9 Å². The fraction of sp³-hybridized carbons (Fsp3) is 0.682. The largest absolute Gasteiger partial charge is 0.481 e. The van der Waals surface area contributed by atoms with Crippen LogP contribution < -0.4 is 32.7 Å². The van der Waals surface area contributed by atoms with Gasteiger partial charge in [0.15, 0.2) is 0 Å². The standard InChI is InChI=1S/C22H38N6O9/c1-9(2)6-14(22(36)37)28-20(34)13(8-16(30)31)27-19(33)12(7-15(23)29)26-18(32)11(5)25-21(35)17(24)10(3)4/h9-14,17H,6-8,24H2,1-5H3,(H2,23,29)(H,25,35)(H,26,32)(H,27,33)(H,28,34)(H,30,31)(H,36,37)/t11-,12-,13-,14-,17-/m0/s1. The summed E-state index contributed by atoms with van der Waals surface area (Å²) in [6, 6.07) is -6.78. The van der Waals surface area contributed by atoms with E-state index >= 15 is 0 Å². The molecular formula is C22H38N6O9. The zero-order valence-electron chi connectivity index (χ0n) is 21.6. The monoisotopic (exact) mass is 530 g/mol. The van der Waals surface area contributed by atoms with Gasteiger partial charge in [0.2, 0.25) is 29.5 Å². The summed E-state index contributed by atoms with van der Waals surface area (Å²) in [5.74, 6) is -7.89. The minimum absolute atomic E-state index is 0.0409. The molecule has 0 aromatic rings. The Labute approximate surface area is 214 Å². The third-order valence-electron chi connectivity index (χ3n) is 5.14. The first-order valence-corrected chi connectivity index (χ1v) is 11.7. The van der Waals surface area contributed by atoms with Gasteiger partial charge in [-0.2, -0.15) is 0 Å². The van der Waals surface area contributed by atoms with Crippen LogP contribution in [0.1, 0.15) is 53.9 Å². The van der Waals surface area contributed by atoms with Crippen molar-refractivity contribution in [2.75, 3.05) is 0 Å². The smallest absolute Gasteiger partial charge is 0.326 e. The molecule has 0 bridgehead atoms. The number of nitrogens with one attached hydrogen (secondary N) is 4. The van der Waals surface area contributed by atoms with E-state index in [9.17, 15) is 38.7 Å². The lowest BCUT2D eigenvalue weighted by molar-refractivity contribution is -0.144. The lowest BCUT2D eigenvalue weighted by Gasteiger charge is -2.25. The molecule has 0 saturated carbocycles. The topological polar surface area (TPSA) is 260 Å². The van der Waals surface area contributed by atoms with Crippen molar-refractivity contribution in [3.8, 4) is 0 Å². The first kappa shape index (κ1) is 33.2. The molecule has 0 fully saturated rings. The van der Waals surface area contributed by atoms with Gasteiger partial charge in [-0.15, -0.1) is 0 Å². The van der Waals surface area contributed by atoms with Crippen LogP contribution >= 0.6 is 0 Å². The van der Waals surface area contributed by atoms with Crippen LogP contribution in [0.25, 0.3) is 0 Å². The number of amides is 5. The molecule has 210 valence electrons. The van der Waals surface area contributed by atoms with Crippen LogP contribution in [0.3, 0.4) is 0 Å². The Balaban J connectivity index is 5.60. The Kier molecular flexibility index (Phi) is 13.8. The maximum atomic E-state index is 12.8. The molecule has 5 amide bonds. The third kappa shape index (κ3) is 12.7. The predicted octanol–water partition coefficient (Wildman–Crippen LogP) is -2.59. The number of carboxylic acid groups (broad SMARTS) is 2. The minimum atomic E-state index is -1.73. The van der Waals surface area contributed by atoms with E-state index in [4.69, 9.17) is 16.6 Å². The van der Waals surface area contributed by atoms with Crippen LogP contribution in [-0.2, 0) is 33.6 Å². The molecule has 0 rings (SSSR count). The Morgan fingerprint density at radius 1 is 0.676 bits per heavy atom. The second-order valence-corrected chi connectivity index (χ2v) is 9.42. The molecule has 0 aromatic heterocycles. The van der Waals surface area contributed by atoms with Crippen LogP contribution in [0.2, 0.25) is 0 Å². The van der Waals surface area contributed by atoms with Gasteiger partial charge in [-0.3, -0.25) is 28.8 Å². The molecule has 0 aliphatic carbocycles. The summed E-state index contributed by atoms with van der Waals surface area (Å²) in [5, 5.41) is 27.4. The van der Waals surface area contributed by atoms with E-state index in [-0.39, 0.29) is 18.3 Å². The number of hydrogen-bond donors (Lipinski definition) is 8. The van der Waals surface area contributed by atoms with Crippen LogP contribution in [0.5, 0.6) is 0 Å². The van der Waals surface area contributed by atoms with Gasteiger partial charge in [0.1, 0.15) is 24.2 Å². The van der Waals surface area contributed by atoms with Crippen molar-refractivity contribution < 1.29 is 43.8 Å². The van der Waals surface area contributed by atoms with E-state index in [1.165, 1.54) is 6.92 Å². The molecule has 37 heavy (non-hydrogen) atoms. The number of hydrogen-bond acceptors (Lipinski definition) is 8. The molecule has 5 atom stereocenters. The van der Waals surface area contributed by atoms with E-state index in [1.54, 1.807) is 27.7 Å². The van der Waals surface area contributed by atoms with Gasteiger partial charge in [-0.25, -0.2) is 4.79 Å². The highest BCUT2D eigenvalue weighted by molar-refractivity contribution is 5.98. The van der Waals surface area contributed by atoms with E-state index < -0.39 is 84.5 Å². The normalized spacial score (nSPS) is 15.0. The number of primary amides is 1. The highest BCUT2D eigenvalue weighted by Crippen LogP contribution is 2.07. The van der Waals surface area contributed by atoms with Crippen molar-refractivity contribution in [2.45, 2.75) is 84.1 Å². The van der Waals surface area contributed by atoms with E-state index in [0.29, 0.717) is 0 Å². The molecule has 10 N–H and O–H groups in total. The lowest BCUT2D eigenvalue weighted by atomic mass is 10.0. The van der Waals surface area contributed by atoms with Crippen LogP contribution in [-0.4, -0.2) is 81.9 Å². The van der Waals surface area contributed by atoms with Crippen LogP contribution in [0, 0.1) is 11.8 Å². The van der Waals surface area contributed by atoms with E-state index in [1.807, 2.05) is 0 Å². The van der Waals surface area contributed by atoms with Crippen molar-refractivity contribution in [3.63, 3.8) is 0 Å². The van der Waals surface area contributed by atoms with Gasteiger partial charge in [0.25, 0.3) is 0 Å². The number of carbonyl (C=O) groups excluding carboxylic acids is 5. The summed E-state index contributed by atoms with van der Waals surface area (Å²) >= 11 is 0. The molecule has 0 aliphatic rings. The number of carboxylic acids is 2. The first-order valence-electron chi connectivity index (χ1n) is 11.7. The zero-order chi connectivity index (χ0) is 29.0. The van der Waals surface area contributed by atoms with Gasteiger partial charge in [0, 0.05) is 0 Å². The summed E-state index contributed by atoms with van der Waals surface area (Å²) in [5.41, 5.74) is 10.9. The summed E-state index contributed by atoms with van der Waals surface area (Å²) in [6.45, 7) is 8.15. The lowest BCUT2D eigenvalue weighted by Crippen LogP contribution is -2.59. The molecule has 0 heterocycles. The Morgan fingerprint density at radius 2 is 1.14 bits per heavy atom. The van der Waals surface area contributed by atoms with Crippen molar-refractivity contribution in [2.24, 2.45) is 23.3 Å². The van der Waals surface area contributed by atoms with Crippen molar-refractivity contribution in [3.05, 3.63) is 0 Å². The van der Waals surface area contributed by atoms with Crippen LogP contribution in [0.15, 0.2) is 0 Å². The molecule has 0 radical (unpaired) electrons. The second-order valence-electron chi connectivity index (χ2n) is 9.42. The fourth-order valence-electron chi connectivity index (χ4n) is 3.01. The van der Waals surface area contributed by atoms with Crippen molar-refractivity contribution >= 4 is 41.5 Å². The quantitative estimate of drug-likeness (QED) is 0.103. The van der Waals surface area contributed by atoms with Crippen molar-refractivity contribution in [1.82, 2.24) is 21.3 Å². The molecule has 0 saturated heterocycles. The highest BCUT2D eigenvalue weighted by Gasteiger charge is 2.33. The number of rotatable bonds is 16. The Morgan fingerprint density at radius 3 is 1.54 bits per heavy atom. The van der Waals surface area contributed by atoms with Gasteiger partial charge in [0.05, 0.1) is 18.9 Å². The molecule has 0 unspecified atom stereocenters. The van der Waals surface area contributed by atoms with E-state index in [0.717, 1.165) is 0 Å².